The number of nitrogens with zero attached hydrogens (tertiary/aromatic N) is 1. The van der Waals surface area contributed by atoms with Crippen LogP contribution in [-0.4, -0.2) is 32.1 Å². The van der Waals surface area contributed by atoms with Crippen molar-refractivity contribution in [2.45, 2.75) is 38.6 Å². The van der Waals surface area contributed by atoms with E-state index in [-0.39, 0.29) is 11.8 Å². The molecule has 1 aromatic rings. The number of hydrogen-bond donors (Lipinski definition) is 1. The zero-order valence-corrected chi connectivity index (χ0v) is 12.9. The topological polar surface area (TPSA) is 41.6 Å². The second-order valence-corrected chi connectivity index (χ2v) is 5.96. The van der Waals surface area contributed by atoms with Crippen LogP contribution in [0.4, 0.5) is 5.69 Å². The molecular formula is C17H24N2O2. The molecule has 2 atom stereocenters. The molecule has 1 aromatic carbocycles. The Morgan fingerprint density at radius 2 is 2.29 bits per heavy atom. The van der Waals surface area contributed by atoms with E-state index < -0.39 is 0 Å². The van der Waals surface area contributed by atoms with Crippen LogP contribution in [0.3, 0.4) is 0 Å². The smallest absolute Gasteiger partial charge is 0.225 e. The Balaban J connectivity index is 1.96. The minimum atomic E-state index is 0.0751. The number of methoxy groups -OCH3 is 1. The molecule has 21 heavy (non-hydrogen) atoms. The largest absolute Gasteiger partial charge is 0.497 e. The fourth-order valence-electron chi connectivity index (χ4n) is 3.73. The molecule has 114 valence electrons. The number of carbonyl (C=O) groups excluding carboxylic acids is 1. The highest BCUT2D eigenvalue weighted by molar-refractivity contribution is 5.82. The predicted octanol–water partition coefficient (Wildman–Crippen LogP) is 2.36. The van der Waals surface area contributed by atoms with E-state index in [4.69, 9.17) is 4.74 Å². The Labute approximate surface area is 126 Å². The zero-order chi connectivity index (χ0) is 14.8. The highest BCUT2D eigenvalue weighted by Crippen LogP contribution is 2.40. The Morgan fingerprint density at radius 1 is 1.43 bits per heavy atom. The second kappa shape index (κ2) is 5.96. The van der Waals surface area contributed by atoms with Crippen molar-refractivity contribution in [1.82, 2.24) is 5.32 Å². The van der Waals surface area contributed by atoms with Gasteiger partial charge in [-0.3, -0.25) is 4.79 Å². The maximum absolute atomic E-state index is 12.4. The van der Waals surface area contributed by atoms with Crippen molar-refractivity contribution in [3.63, 3.8) is 0 Å². The normalized spacial score (nSPS) is 24.0. The predicted molar refractivity (Wildman–Crippen MR) is 83.9 cm³/mol. The number of rotatable bonds is 3. The van der Waals surface area contributed by atoms with Gasteiger partial charge in [-0.25, -0.2) is 0 Å². The number of benzene rings is 1. The average molecular weight is 288 g/mol. The van der Waals surface area contributed by atoms with E-state index in [1.54, 1.807) is 7.11 Å². The van der Waals surface area contributed by atoms with E-state index in [1.807, 2.05) is 13.0 Å². The lowest BCUT2D eigenvalue weighted by Gasteiger charge is -2.46. The van der Waals surface area contributed by atoms with Crippen LogP contribution < -0.4 is 15.0 Å². The molecule has 0 saturated carbocycles. The summed E-state index contributed by atoms with van der Waals surface area (Å²) >= 11 is 0. The molecule has 0 spiro atoms. The molecule has 0 aromatic heterocycles. The maximum atomic E-state index is 12.4. The standard InChI is InChI=1S/C17H24N2O2/c1-3-18-17(20)14-10-12-7-8-13(21-2)11-16(12)19-9-5-4-6-15(14)19/h7-8,11,14-15H,3-6,9-10H2,1-2H3,(H,18,20)/t14-,15+/m0/s1. The number of carbonyl (C=O) groups is 1. The highest BCUT2D eigenvalue weighted by Gasteiger charge is 2.39. The van der Waals surface area contributed by atoms with Gasteiger partial charge in [0.1, 0.15) is 5.75 Å². The summed E-state index contributed by atoms with van der Waals surface area (Å²) in [6, 6.07) is 6.58. The van der Waals surface area contributed by atoms with Crippen LogP contribution in [0, 0.1) is 5.92 Å². The first kappa shape index (κ1) is 14.2. The third-order valence-electron chi connectivity index (χ3n) is 4.74. The van der Waals surface area contributed by atoms with E-state index in [2.05, 4.69) is 22.3 Å². The minimum absolute atomic E-state index is 0.0751. The summed E-state index contributed by atoms with van der Waals surface area (Å²) in [6.07, 6.45) is 4.37. The van der Waals surface area contributed by atoms with E-state index in [9.17, 15) is 4.79 Å². The Hall–Kier alpha value is -1.71. The summed E-state index contributed by atoms with van der Waals surface area (Å²) in [5, 5.41) is 3.01. The fraction of sp³-hybridized carbons (Fsp3) is 0.588. The molecule has 4 heteroatoms. The SMILES string of the molecule is CCNC(=O)[C@H]1Cc2ccc(OC)cc2N2CCCC[C@H]12. The molecule has 0 unspecified atom stereocenters. The number of anilines is 1. The molecule has 3 rings (SSSR count). The molecule has 0 bridgehead atoms. The lowest BCUT2D eigenvalue weighted by atomic mass is 9.80. The average Bonchev–Trinajstić information content (AvgIpc) is 2.53. The molecule has 1 N–H and O–H groups in total. The fourth-order valence-corrected chi connectivity index (χ4v) is 3.73. The summed E-state index contributed by atoms with van der Waals surface area (Å²) < 4.78 is 5.37. The van der Waals surface area contributed by atoms with Crippen molar-refractivity contribution >= 4 is 11.6 Å². The number of hydrogen-bond acceptors (Lipinski definition) is 3. The first-order valence-electron chi connectivity index (χ1n) is 7.96. The van der Waals surface area contributed by atoms with Crippen LogP contribution >= 0.6 is 0 Å². The van der Waals surface area contributed by atoms with Crippen LogP contribution in [0.15, 0.2) is 18.2 Å². The van der Waals surface area contributed by atoms with Crippen molar-refractivity contribution < 1.29 is 9.53 Å². The van der Waals surface area contributed by atoms with Crippen molar-refractivity contribution in [3.05, 3.63) is 23.8 Å². The van der Waals surface area contributed by atoms with Gasteiger partial charge < -0.3 is 15.0 Å². The third kappa shape index (κ3) is 2.59. The first-order valence-corrected chi connectivity index (χ1v) is 7.96. The van der Waals surface area contributed by atoms with E-state index in [0.717, 1.165) is 25.1 Å². The molecule has 2 aliphatic heterocycles. The molecule has 1 fully saturated rings. The van der Waals surface area contributed by atoms with Gasteiger partial charge in [-0.15, -0.1) is 0 Å². The zero-order valence-electron chi connectivity index (χ0n) is 12.9. The minimum Gasteiger partial charge on any atom is -0.497 e. The van der Waals surface area contributed by atoms with E-state index in [0.29, 0.717) is 12.6 Å². The van der Waals surface area contributed by atoms with Crippen molar-refractivity contribution in [2.24, 2.45) is 5.92 Å². The summed E-state index contributed by atoms with van der Waals surface area (Å²) in [4.78, 5) is 14.9. The molecule has 1 saturated heterocycles. The number of amides is 1. The lowest BCUT2D eigenvalue weighted by molar-refractivity contribution is -0.125. The van der Waals surface area contributed by atoms with Gasteiger partial charge in [0.15, 0.2) is 0 Å². The number of nitrogens with one attached hydrogen (secondary N) is 1. The van der Waals surface area contributed by atoms with Gasteiger partial charge in [0.25, 0.3) is 0 Å². The molecule has 0 radical (unpaired) electrons. The van der Waals surface area contributed by atoms with E-state index in [1.165, 1.54) is 24.1 Å². The van der Waals surface area contributed by atoms with Gasteiger partial charge in [0.05, 0.1) is 13.0 Å². The van der Waals surface area contributed by atoms with Gasteiger partial charge >= 0.3 is 0 Å². The van der Waals surface area contributed by atoms with Crippen LogP contribution in [0.5, 0.6) is 5.75 Å². The first-order chi connectivity index (χ1) is 10.2. The van der Waals surface area contributed by atoms with Crippen LogP contribution in [0.1, 0.15) is 31.7 Å². The summed E-state index contributed by atoms with van der Waals surface area (Å²) in [7, 11) is 1.70. The van der Waals surface area contributed by atoms with Crippen molar-refractivity contribution in [2.75, 3.05) is 25.1 Å². The van der Waals surface area contributed by atoms with Gasteiger partial charge in [-0.1, -0.05) is 6.07 Å². The maximum Gasteiger partial charge on any atom is 0.225 e. The quantitative estimate of drug-likeness (QED) is 0.928. The lowest BCUT2D eigenvalue weighted by Crippen LogP contribution is -2.53. The Morgan fingerprint density at radius 3 is 3.05 bits per heavy atom. The third-order valence-corrected chi connectivity index (χ3v) is 4.74. The van der Waals surface area contributed by atoms with Crippen LogP contribution in [-0.2, 0) is 11.2 Å². The Bertz CT molecular complexity index is 530. The second-order valence-electron chi connectivity index (χ2n) is 5.96. The number of fused-ring (bicyclic) bond motifs is 3. The molecular weight excluding hydrogens is 264 g/mol. The van der Waals surface area contributed by atoms with Gasteiger partial charge in [0.2, 0.25) is 5.91 Å². The van der Waals surface area contributed by atoms with Gasteiger partial charge in [-0.2, -0.15) is 0 Å². The molecule has 4 nitrogen and oxygen atoms in total. The van der Waals surface area contributed by atoms with Gasteiger partial charge in [-0.05, 0) is 44.2 Å². The van der Waals surface area contributed by atoms with Crippen LogP contribution in [0.25, 0.3) is 0 Å². The summed E-state index contributed by atoms with van der Waals surface area (Å²) in [6.45, 7) is 3.73. The summed E-state index contributed by atoms with van der Waals surface area (Å²) in [5.74, 6) is 1.18. The molecule has 0 aliphatic carbocycles. The van der Waals surface area contributed by atoms with Crippen LogP contribution in [0.2, 0.25) is 0 Å². The van der Waals surface area contributed by atoms with Crippen molar-refractivity contribution in [3.8, 4) is 5.75 Å². The molecule has 2 aliphatic rings. The molecule has 2 heterocycles. The summed E-state index contributed by atoms with van der Waals surface area (Å²) in [5.41, 5.74) is 2.53. The Kier molecular flexibility index (Phi) is 4.04. The van der Waals surface area contributed by atoms with Gasteiger partial charge in [0, 0.05) is 30.9 Å². The van der Waals surface area contributed by atoms with E-state index >= 15 is 0 Å². The van der Waals surface area contributed by atoms with Crippen molar-refractivity contribution in [1.29, 1.82) is 0 Å². The monoisotopic (exact) mass is 288 g/mol. The number of ether oxygens (including phenoxy) is 1. The highest BCUT2D eigenvalue weighted by atomic mass is 16.5. The number of piperidine rings is 1. The molecule has 1 amide bonds.